The van der Waals surface area contributed by atoms with Crippen molar-refractivity contribution in [2.45, 2.75) is 32.2 Å². The Balaban J connectivity index is 1.39. The van der Waals surface area contributed by atoms with Crippen molar-refractivity contribution in [1.82, 2.24) is 19.7 Å². The van der Waals surface area contributed by atoms with Crippen LogP contribution >= 0.6 is 0 Å². The van der Waals surface area contributed by atoms with E-state index < -0.39 is 0 Å². The number of nitrogens with zero attached hydrogens (tertiary/aromatic N) is 5. The fourth-order valence-corrected chi connectivity index (χ4v) is 4.29. The van der Waals surface area contributed by atoms with Gasteiger partial charge in [0.1, 0.15) is 11.6 Å². The number of aryl methyl sites for hydroxylation is 1. The second-order valence-corrected chi connectivity index (χ2v) is 8.13. The minimum absolute atomic E-state index is 0.174. The average Bonchev–Trinajstić information content (AvgIpc) is 3.65. The maximum Gasteiger partial charge on any atom is 0.275 e. The highest BCUT2D eigenvalue weighted by Crippen LogP contribution is 2.44. The van der Waals surface area contributed by atoms with E-state index in [1.165, 1.54) is 10.9 Å². The Hall–Kier alpha value is -3.29. The zero-order valence-corrected chi connectivity index (χ0v) is 17.4. The highest BCUT2D eigenvalue weighted by atomic mass is 19.1. The third kappa shape index (κ3) is 3.56. The molecule has 2 aromatic heterocycles. The second-order valence-electron chi connectivity index (χ2n) is 8.13. The van der Waals surface area contributed by atoms with Gasteiger partial charge < -0.3 is 9.80 Å². The number of anilines is 1. The molecule has 160 valence electrons. The number of carbonyl (C=O) groups excluding carboxylic acids is 1. The van der Waals surface area contributed by atoms with Gasteiger partial charge in [-0.25, -0.2) is 14.1 Å². The van der Waals surface area contributed by atoms with Gasteiger partial charge in [-0.15, -0.1) is 0 Å². The van der Waals surface area contributed by atoms with Crippen molar-refractivity contribution < 1.29 is 9.18 Å². The lowest BCUT2D eigenvalue weighted by Crippen LogP contribution is -2.49. The van der Waals surface area contributed by atoms with Crippen LogP contribution in [0.2, 0.25) is 0 Å². The number of fused-ring (bicyclic) bond motifs is 1. The molecule has 3 heterocycles. The molecular formula is C23H24FN5O2. The number of carbonyl (C=O) groups is 1. The Labute approximate surface area is 179 Å². The normalized spacial score (nSPS) is 16.7. The van der Waals surface area contributed by atoms with E-state index in [1.54, 1.807) is 29.2 Å². The van der Waals surface area contributed by atoms with E-state index >= 15 is 0 Å². The molecule has 1 aliphatic carbocycles. The molecule has 7 nitrogen and oxygen atoms in total. The molecule has 1 aromatic carbocycles. The summed E-state index contributed by atoms with van der Waals surface area (Å²) < 4.78 is 15.1. The van der Waals surface area contributed by atoms with E-state index in [9.17, 15) is 14.0 Å². The molecule has 0 N–H and O–H groups in total. The number of amides is 1. The number of rotatable bonds is 4. The summed E-state index contributed by atoms with van der Waals surface area (Å²) in [4.78, 5) is 34.2. The Morgan fingerprint density at radius 1 is 1.13 bits per heavy atom. The number of halogens is 1. The minimum Gasteiger partial charge on any atom is -0.353 e. The predicted octanol–water partition coefficient (Wildman–Crippen LogP) is 2.79. The van der Waals surface area contributed by atoms with Crippen LogP contribution in [0.25, 0.3) is 10.8 Å². The summed E-state index contributed by atoms with van der Waals surface area (Å²) in [7, 11) is 0. The fraction of sp³-hybridized carbons (Fsp3) is 0.391. The molecule has 0 unspecified atom stereocenters. The number of hydrogen-bond acceptors (Lipinski definition) is 5. The maximum absolute atomic E-state index is 13.7. The summed E-state index contributed by atoms with van der Waals surface area (Å²) in [5.41, 5.74) is 1.10. The van der Waals surface area contributed by atoms with Gasteiger partial charge in [-0.05, 0) is 37.8 Å². The monoisotopic (exact) mass is 421 g/mol. The summed E-state index contributed by atoms with van der Waals surface area (Å²) in [5, 5.41) is 5.46. The van der Waals surface area contributed by atoms with Crippen molar-refractivity contribution >= 4 is 22.5 Å². The fourth-order valence-electron chi connectivity index (χ4n) is 4.29. The number of piperazine rings is 1. The van der Waals surface area contributed by atoms with Gasteiger partial charge in [0.25, 0.3) is 11.5 Å². The number of aromatic nitrogens is 3. The Bertz CT molecular complexity index is 1210. The summed E-state index contributed by atoms with van der Waals surface area (Å²) in [5.74, 6) is 0.749. The van der Waals surface area contributed by atoms with E-state index in [4.69, 9.17) is 0 Å². The zero-order valence-electron chi connectivity index (χ0n) is 17.4. The van der Waals surface area contributed by atoms with Crippen LogP contribution in [0.4, 0.5) is 10.2 Å². The quantitative estimate of drug-likeness (QED) is 0.648. The van der Waals surface area contributed by atoms with Crippen molar-refractivity contribution in [3.05, 3.63) is 64.0 Å². The molecule has 0 atom stereocenters. The Morgan fingerprint density at radius 3 is 2.52 bits per heavy atom. The molecule has 31 heavy (non-hydrogen) atoms. The number of benzene rings is 1. The van der Waals surface area contributed by atoms with Crippen LogP contribution in [-0.4, -0.2) is 51.8 Å². The standard InChI is InChI=1S/C23H24FN5O2/c1-2-29-22(30)18-6-4-3-5-17(18)20(26-29)23(31)28-11-9-27(10-12-28)21-19(15-7-8-15)13-16(24)14-25-21/h3-6,13-15H,2,7-12H2,1H3. The minimum atomic E-state index is -0.302. The second kappa shape index (κ2) is 7.76. The molecule has 2 fully saturated rings. The first-order chi connectivity index (χ1) is 15.1. The van der Waals surface area contributed by atoms with Crippen molar-refractivity contribution in [3.63, 3.8) is 0 Å². The van der Waals surface area contributed by atoms with E-state index in [-0.39, 0.29) is 17.3 Å². The van der Waals surface area contributed by atoms with Gasteiger partial charge in [-0.3, -0.25) is 9.59 Å². The van der Waals surface area contributed by atoms with Crippen molar-refractivity contribution in [1.29, 1.82) is 0 Å². The lowest BCUT2D eigenvalue weighted by molar-refractivity contribution is 0.0740. The van der Waals surface area contributed by atoms with Gasteiger partial charge in [-0.2, -0.15) is 5.10 Å². The molecular weight excluding hydrogens is 397 g/mol. The van der Waals surface area contributed by atoms with Crippen LogP contribution in [0.3, 0.4) is 0 Å². The smallest absolute Gasteiger partial charge is 0.275 e. The highest BCUT2D eigenvalue weighted by Gasteiger charge is 2.31. The molecule has 1 saturated heterocycles. The first kappa shape index (κ1) is 19.7. The van der Waals surface area contributed by atoms with Crippen LogP contribution in [0.1, 0.15) is 41.7 Å². The first-order valence-electron chi connectivity index (χ1n) is 10.8. The SMILES string of the molecule is CCn1nc(C(=O)N2CCN(c3ncc(F)cc3C3CC3)CC2)c2ccccc2c1=O. The van der Waals surface area contributed by atoms with Crippen LogP contribution in [0.15, 0.2) is 41.3 Å². The summed E-state index contributed by atoms with van der Waals surface area (Å²) in [6.07, 6.45) is 3.41. The Kier molecular flexibility index (Phi) is 4.92. The molecule has 5 rings (SSSR count). The molecule has 2 aliphatic rings. The van der Waals surface area contributed by atoms with Crippen molar-refractivity contribution in [2.75, 3.05) is 31.1 Å². The van der Waals surface area contributed by atoms with Gasteiger partial charge in [0, 0.05) is 43.7 Å². The van der Waals surface area contributed by atoms with Gasteiger partial charge >= 0.3 is 0 Å². The van der Waals surface area contributed by atoms with Gasteiger partial charge in [0.2, 0.25) is 0 Å². The molecule has 0 spiro atoms. The van der Waals surface area contributed by atoms with Crippen LogP contribution in [0, 0.1) is 5.82 Å². The Morgan fingerprint density at radius 2 is 1.84 bits per heavy atom. The van der Waals surface area contributed by atoms with Crippen molar-refractivity contribution in [3.8, 4) is 0 Å². The molecule has 3 aromatic rings. The lowest BCUT2D eigenvalue weighted by atomic mass is 10.1. The average molecular weight is 421 g/mol. The highest BCUT2D eigenvalue weighted by molar-refractivity contribution is 6.04. The third-order valence-corrected chi connectivity index (χ3v) is 6.12. The topological polar surface area (TPSA) is 71.3 Å². The largest absolute Gasteiger partial charge is 0.353 e. The predicted molar refractivity (Wildman–Crippen MR) is 116 cm³/mol. The summed E-state index contributed by atoms with van der Waals surface area (Å²) in [6, 6.07) is 8.72. The molecule has 8 heteroatoms. The maximum atomic E-state index is 13.7. The van der Waals surface area contributed by atoms with E-state index in [1.807, 2.05) is 13.0 Å². The van der Waals surface area contributed by atoms with Crippen molar-refractivity contribution in [2.24, 2.45) is 0 Å². The zero-order chi connectivity index (χ0) is 21.5. The molecule has 1 aliphatic heterocycles. The summed E-state index contributed by atoms with van der Waals surface area (Å²) in [6.45, 7) is 4.51. The summed E-state index contributed by atoms with van der Waals surface area (Å²) >= 11 is 0. The molecule has 1 amide bonds. The van der Waals surface area contributed by atoms with Crippen LogP contribution in [0.5, 0.6) is 0 Å². The molecule has 0 bridgehead atoms. The number of pyridine rings is 1. The number of hydrogen-bond donors (Lipinski definition) is 0. The van der Waals surface area contributed by atoms with E-state index in [0.717, 1.165) is 24.2 Å². The third-order valence-electron chi connectivity index (χ3n) is 6.12. The lowest BCUT2D eigenvalue weighted by Gasteiger charge is -2.36. The first-order valence-corrected chi connectivity index (χ1v) is 10.8. The van der Waals surface area contributed by atoms with Gasteiger partial charge in [0.05, 0.1) is 11.6 Å². The van der Waals surface area contributed by atoms with E-state index in [2.05, 4.69) is 15.0 Å². The van der Waals surface area contributed by atoms with E-state index in [0.29, 0.717) is 55.1 Å². The van der Waals surface area contributed by atoms with Gasteiger partial charge in [-0.1, -0.05) is 18.2 Å². The van der Waals surface area contributed by atoms with Crippen LogP contribution in [-0.2, 0) is 6.54 Å². The van der Waals surface area contributed by atoms with Crippen LogP contribution < -0.4 is 10.5 Å². The molecule has 1 saturated carbocycles. The molecule has 0 radical (unpaired) electrons. The van der Waals surface area contributed by atoms with Gasteiger partial charge in [0.15, 0.2) is 5.69 Å².